The van der Waals surface area contributed by atoms with Gasteiger partial charge in [0.15, 0.2) is 0 Å². The zero-order chi connectivity index (χ0) is 14.1. The summed E-state index contributed by atoms with van der Waals surface area (Å²) in [7, 11) is 0. The number of nitrogens with one attached hydrogen (secondary N) is 1. The highest BCUT2D eigenvalue weighted by Gasteiger charge is 2.23. The van der Waals surface area contributed by atoms with Gasteiger partial charge in [-0.25, -0.2) is 0 Å². The lowest BCUT2D eigenvalue weighted by molar-refractivity contribution is 0.334. The number of ether oxygens (including phenoxy) is 1. The summed E-state index contributed by atoms with van der Waals surface area (Å²) in [6.45, 7) is 5.90. The molecule has 0 bridgehead atoms. The third-order valence-corrected chi connectivity index (χ3v) is 4.38. The lowest BCUT2D eigenvalue weighted by Gasteiger charge is -2.16. The quantitative estimate of drug-likeness (QED) is 0.883. The molecule has 0 amide bonds. The average Bonchev–Trinajstić information content (AvgIpc) is 2.81. The van der Waals surface area contributed by atoms with Crippen molar-refractivity contribution in [3.63, 3.8) is 0 Å². The standard InChI is InChI=1S/C17H18BrNO/c1-11-7-12(2)17(15(18)8-11)19-9-13-10-20-16-6-4-3-5-14(13)16/h3-8,13,19H,9-10H2,1-2H3. The highest BCUT2D eigenvalue weighted by molar-refractivity contribution is 9.10. The van der Waals surface area contributed by atoms with Gasteiger partial charge in [0.2, 0.25) is 0 Å². The summed E-state index contributed by atoms with van der Waals surface area (Å²) in [6.07, 6.45) is 0. The zero-order valence-corrected chi connectivity index (χ0v) is 13.3. The summed E-state index contributed by atoms with van der Waals surface area (Å²) in [5.41, 5.74) is 5.03. The van der Waals surface area contributed by atoms with Gasteiger partial charge in [-0.05, 0) is 53.0 Å². The molecular formula is C17H18BrNO. The van der Waals surface area contributed by atoms with E-state index in [2.05, 4.69) is 59.4 Å². The molecule has 1 N–H and O–H groups in total. The minimum atomic E-state index is 0.416. The molecule has 0 radical (unpaired) electrons. The Bertz CT molecular complexity index is 616. The summed E-state index contributed by atoms with van der Waals surface area (Å²) >= 11 is 3.65. The van der Waals surface area contributed by atoms with Crippen LogP contribution in [-0.4, -0.2) is 13.2 Å². The first-order valence-electron chi connectivity index (χ1n) is 6.87. The van der Waals surface area contributed by atoms with Gasteiger partial charge in [0.25, 0.3) is 0 Å². The molecule has 2 aromatic rings. The van der Waals surface area contributed by atoms with E-state index in [1.54, 1.807) is 0 Å². The molecule has 3 rings (SSSR count). The Kier molecular flexibility index (Phi) is 3.70. The molecule has 1 heterocycles. The third-order valence-electron chi connectivity index (χ3n) is 3.76. The normalized spacial score (nSPS) is 16.6. The fourth-order valence-electron chi connectivity index (χ4n) is 2.76. The highest BCUT2D eigenvalue weighted by atomic mass is 79.9. The Morgan fingerprint density at radius 2 is 2.05 bits per heavy atom. The van der Waals surface area contributed by atoms with Crippen molar-refractivity contribution in [1.29, 1.82) is 0 Å². The summed E-state index contributed by atoms with van der Waals surface area (Å²) in [6, 6.07) is 12.7. The van der Waals surface area contributed by atoms with E-state index in [9.17, 15) is 0 Å². The van der Waals surface area contributed by atoms with Gasteiger partial charge >= 0.3 is 0 Å². The molecule has 0 spiro atoms. The number of para-hydroxylation sites is 1. The Morgan fingerprint density at radius 3 is 2.85 bits per heavy atom. The average molecular weight is 332 g/mol. The van der Waals surface area contributed by atoms with Gasteiger partial charge in [0.05, 0.1) is 12.3 Å². The number of fused-ring (bicyclic) bond motifs is 1. The predicted molar refractivity (Wildman–Crippen MR) is 86.8 cm³/mol. The molecule has 20 heavy (non-hydrogen) atoms. The van der Waals surface area contributed by atoms with Crippen LogP contribution in [-0.2, 0) is 0 Å². The SMILES string of the molecule is Cc1cc(C)c(NCC2COc3ccccc32)c(Br)c1. The van der Waals surface area contributed by atoms with E-state index in [0.29, 0.717) is 5.92 Å². The molecule has 104 valence electrons. The first-order chi connectivity index (χ1) is 9.65. The Balaban J connectivity index is 1.76. The molecule has 1 aliphatic heterocycles. The van der Waals surface area contributed by atoms with Crippen molar-refractivity contribution in [1.82, 2.24) is 0 Å². The van der Waals surface area contributed by atoms with E-state index in [4.69, 9.17) is 4.74 Å². The van der Waals surface area contributed by atoms with Gasteiger partial charge in [-0.1, -0.05) is 24.3 Å². The summed E-state index contributed by atoms with van der Waals surface area (Å²) in [5, 5.41) is 3.56. The summed E-state index contributed by atoms with van der Waals surface area (Å²) < 4.78 is 6.85. The second kappa shape index (κ2) is 5.49. The van der Waals surface area contributed by atoms with Crippen molar-refractivity contribution < 1.29 is 4.74 Å². The Morgan fingerprint density at radius 1 is 1.25 bits per heavy atom. The number of benzene rings is 2. The van der Waals surface area contributed by atoms with Crippen LogP contribution in [0.25, 0.3) is 0 Å². The zero-order valence-electron chi connectivity index (χ0n) is 11.7. The fourth-order valence-corrected chi connectivity index (χ4v) is 3.58. The maximum Gasteiger partial charge on any atom is 0.122 e. The molecule has 0 aromatic heterocycles. The third kappa shape index (κ3) is 2.55. The second-order valence-corrected chi connectivity index (χ2v) is 6.22. The monoisotopic (exact) mass is 331 g/mol. The van der Waals surface area contributed by atoms with Crippen molar-refractivity contribution in [3.05, 3.63) is 57.6 Å². The van der Waals surface area contributed by atoms with Crippen molar-refractivity contribution in [2.75, 3.05) is 18.5 Å². The molecule has 0 aliphatic carbocycles. The van der Waals surface area contributed by atoms with E-state index in [1.165, 1.54) is 22.4 Å². The maximum absolute atomic E-state index is 5.73. The van der Waals surface area contributed by atoms with Crippen LogP contribution in [0.5, 0.6) is 5.75 Å². The largest absolute Gasteiger partial charge is 0.493 e. The molecule has 2 nitrogen and oxygen atoms in total. The van der Waals surface area contributed by atoms with E-state index in [-0.39, 0.29) is 0 Å². The van der Waals surface area contributed by atoms with Crippen LogP contribution >= 0.6 is 15.9 Å². The number of aryl methyl sites for hydroxylation is 2. The first kappa shape index (κ1) is 13.5. The van der Waals surface area contributed by atoms with E-state index >= 15 is 0 Å². The Hall–Kier alpha value is -1.48. The topological polar surface area (TPSA) is 21.3 Å². The van der Waals surface area contributed by atoms with E-state index < -0.39 is 0 Å². The minimum Gasteiger partial charge on any atom is -0.493 e. The molecule has 2 aromatic carbocycles. The number of halogens is 1. The second-order valence-electron chi connectivity index (χ2n) is 5.37. The summed E-state index contributed by atoms with van der Waals surface area (Å²) in [4.78, 5) is 0. The van der Waals surface area contributed by atoms with Crippen LogP contribution < -0.4 is 10.1 Å². The number of hydrogen-bond donors (Lipinski definition) is 1. The van der Waals surface area contributed by atoms with E-state index in [0.717, 1.165) is 23.4 Å². The van der Waals surface area contributed by atoms with Gasteiger partial charge in [-0.3, -0.25) is 0 Å². The van der Waals surface area contributed by atoms with Crippen molar-refractivity contribution in [3.8, 4) is 5.75 Å². The lowest BCUT2D eigenvalue weighted by atomic mass is 10.0. The van der Waals surface area contributed by atoms with Gasteiger partial charge < -0.3 is 10.1 Å². The fraction of sp³-hybridized carbons (Fsp3) is 0.294. The number of rotatable bonds is 3. The minimum absolute atomic E-state index is 0.416. The van der Waals surface area contributed by atoms with Gasteiger partial charge in [-0.2, -0.15) is 0 Å². The highest BCUT2D eigenvalue weighted by Crippen LogP contribution is 2.34. The van der Waals surface area contributed by atoms with E-state index in [1.807, 2.05) is 12.1 Å². The van der Waals surface area contributed by atoms with Crippen molar-refractivity contribution in [2.24, 2.45) is 0 Å². The Labute approximate surface area is 128 Å². The lowest BCUT2D eigenvalue weighted by Crippen LogP contribution is -2.14. The van der Waals surface area contributed by atoms with Gasteiger partial charge in [0.1, 0.15) is 5.75 Å². The van der Waals surface area contributed by atoms with Crippen LogP contribution in [0.4, 0.5) is 5.69 Å². The molecule has 3 heteroatoms. The van der Waals surface area contributed by atoms with Gasteiger partial charge in [-0.15, -0.1) is 0 Å². The number of hydrogen-bond acceptors (Lipinski definition) is 2. The van der Waals surface area contributed by atoms with Crippen LogP contribution in [0.2, 0.25) is 0 Å². The molecule has 0 saturated heterocycles. The molecule has 1 atom stereocenters. The maximum atomic E-state index is 5.73. The predicted octanol–water partition coefficient (Wildman–Crippen LogP) is 4.65. The van der Waals surface area contributed by atoms with Crippen LogP contribution in [0, 0.1) is 13.8 Å². The van der Waals surface area contributed by atoms with Crippen molar-refractivity contribution in [2.45, 2.75) is 19.8 Å². The van der Waals surface area contributed by atoms with Crippen LogP contribution in [0.3, 0.4) is 0 Å². The molecule has 1 aliphatic rings. The van der Waals surface area contributed by atoms with Crippen LogP contribution in [0.1, 0.15) is 22.6 Å². The molecular weight excluding hydrogens is 314 g/mol. The summed E-state index contributed by atoms with van der Waals surface area (Å²) in [5.74, 6) is 1.44. The molecule has 1 unspecified atom stereocenters. The molecule has 0 fully saturated rings. The first-order valence-corrected chi connectivity index (χ1v) is 7.67. The van der Waals surface area contributed by atoms with Crippen molar-refractivity contribution >= 4 is 21.6 Å². The smallest absolute Gasteiger partial charge is 0.122 e. The number of anilines is 1. The van der Waals surface area contributed by atoms with Crippen LogP contribution in [0.15, 0.2) is 40.9 Å². The molecule has 0 saturated carbocycles. The van der Waals surface area contributed by atoms with Gasteiger partial charge in [0, 0.05) is 22.5 Å².